The van der Waals surface area contributed by atoms with Crippen LogP contribution in [0.1, 0.15) is 50.3 Å². The second-order valence-corrected chi connectivity index (χ2v) is 6.92. The fraction of sp³-hybridized carbons (Fsp3) is 0.714. The molecule has 2 aromatic heterocycles. The largest absolute Gasteiger partial charge is 0.316 e. The summed E-state index contributed by atoms with van der Waals surface area (Å²) in [5, 5.41) is 21.3. The van der Waals surface area contributed by atoms with Crippen LogP contribution in [0.25, 0.3) is 0 Å². The molecule has 0 aromatic carbocycles. The van der Waals surface area contributed by atoms with E-state index in [4.69, 9.17) is 0 Å². The van der Waals surface area contributed by atoms with Crippen LogP contribution in [0.5, 0.6) is 0 Å². The Morgan fingerprint density at radius 2 is 2.23 bits per heavy atom. The molecule has 0 spiro atoms. The number of hydrogen-bond donors (Lipinski definition) is 1. The zero-order valence-corrected chi connectivity index (χ0v) is 14.2. The summed E-state index contributed by atoms with van der Waals surface area (Å²) in [4.78, 5) is 0. The highest BCUT2D eigenvalue weighted by atomic mass is 32.2. The molecule has 0 bridgehead atoms. The Morgan fingerprint density at radius 1 is 1.36 bits per heavy atom. The van der Waals surface area contributed by atoms with E-state index in [0.29, 0.717) is 12.0 Å². The molecule has 1 aliphatic rings. The van der Waals surface area contributed by atoms with Crippen molar-refractivity contribution in [3.8, 4) is 0 Å². The summed E-state index contributed by atoms with van der Waals surface area (Å²) in [5.41, 5.74) is 0. The van der Waals surface area contributed by atoms with Gasteiger partial charge in [0.05, 0.1) is 5.75 Å². The van der Waals surface area contributed by atoms with Gasteiger partial charge in [-0.25, -0.2) is 0 Å². The Kier molecular flexibility index (Phi) is 4.77. The van der Waals surface area contributed by atoms with Crippen molar-refractivity contribution in [1.82, 2.24) is 34.8 Å². The SMILES string of the molecule is CC(C)n1cnnc1CSc1nnc([C@@H]2CCCNC2)n1C. The molecule has 0 unspecified atom stereocenters. The van der Waals surface area contributed by atoms with E-state index in [2.05, 4.69) is 55.7 Å². The van der Waals surface area contributed by atoms with E-state index in [9.17, 15) is 0 Å². The summed E-state index contributed by atoms with van der Waals surface area (Å²) in [5.74, 6) is 3.29. The number of rotatable bonds is 5. The zero-order chi connectivity index (χ0) is 15.5. The molecule has 0 aliphatic carbocycles. The highest BCUT2D eigenvalue weighted by Crippen LogP contribution is 2.26. The lowest BCUT2D eigenvalue weighted by atomic mass is 9.99. The second-order valence-electron chi connectivity index (χ2n) is 5.98. The van der Waals surface area contributed by atoms with E-state index in [0.717, 1.165) is 35.6 Å². The van der Waals surface area contributed by atoms with E-state index >= 15 is 0 Å². The summed E-state index contributed by atoms with van der Waals surface area (Å²) in [7, 11) is 2.06. The normalized spacial score (nSPS) is 19.0. The highest BCUT2D eigenvalue weighted by molar-refractivity contribution is 7.98. The minimum absolute atomic E-state index is 0.369. The smallest absolute Gasteiger partial charge is 0.191 e. The maximum absolute atomic E-state index is 4.41. The summed E-state index contributed by atoms with van der Waals surface area (Å²) in [6, 6.07) is 0.369. The van der Waals surface area contributed by atoms with Crippen molar-refractivity contribution in [2.24, 2.45) is 7.05 Å². The Bertz CT molecular complexity index is 612. The lowest BCUT2D eigenvalue weighted by molar-refractivity contribution is 0.436. The molecule has 1 aliphatic heterocycles. The lowest BCUT2D eigenvalue weighted by Crippen LogP contribution is -2.29. The quantitative estimate of drug-likeness (QED) is 0.846. The van der Waals surface area contributed by atoms with Gasteiger partial charge < -0.3 is 14.5 Å². The number of aromatic nitrogens is 6. The van der Waals surface area contributed by atoms with Crippen LogP contribution < -0.4 is 5.32 Å². The van der Waals surface area contributed by atoms with Crippen molar-refractivity contribution >= 4 is 11.8 Å². The summed E-state index contributed by atoms with van der Waals surface area (Å²) in [6.07, 6.45) is 4.18. The first kappa shape index (κ1) is 15.5. The molecular weight excluding hydrogens is 298 g/mol. The fourth-order valence-electron chi connectivity index (χ4n) is 2.81. The minimum atomic E-state index is 0.369. The van der Waals surface area contributed by atoms with E-state index in [1.165, 1.54) is 12.8 Å². The van der Waals surface area contributed by atoms with Gasteiger partial charge in [-0.1, -0.05) is 11.8 Å². The molecule has 8 heteroatoms. The molecule has 3 rings (SSSR count). The van der Waals surface area contributed by atoms with Gasteiger partial charge >= 0.3 is 0 Å². The maximum Gasteiger partial charge on any atom is 0.191 e. The molecular formula is C14H23N7S. The Morgan fingerprint density at radius 3 is 2.95 bits per heavy atom. The monoisotopic (exact) mass is 321 g/mol. The third-order valence-corrected chi connectivity index (χ3v) is 5.08. The van der Waals surface area contributed by atoms with Crippen molar-refractivity contribution in [3.05, 3.63) is 18.0 Å². The van der Waals surface area contributed by atoms with Crippen LogP contribution in [-0.4, -0.2) is 42.6 Å². The Hall–Kier alpha value is -1.41. The molecule has 1 saturated heterocycles. The molecule has 1 N–H and O–H groups in total. The lowest BCUT2D eigenvalue weighted by Gasteiger charge is -2.21. The van der Waals surface area contributed by atoms with E-state index in [1.807, 2.05) is 0 Å². The van der Waals surface area contributed by atoms with Gasteiger partial charge in [0.2, 0.25) is 0 Å². The molecule has 2 aromatic rings. The van der Waals surface area contributed by atoms with Crippen LogP contribution in [0, 0.1) is 0 Å². The van der Waals surface area contributed by atoms with Crippen molar-refractivity contribution in [3.63, 3.8) is 0 Å². The predicted octanol–water partition coefficient (Wildman–Crippen LogP) is 1.75. The zero-order valence-electron chi connectivity index (χ0n) is 13.4. The van der Waals surface area contributed by atoms with Crippen LogP contribution >= 0.6 is 11.8 Å². The average molecular weight is 321 g/mol. The van der Waals surface area contributed by atoms with Crippen LogP contribution in [0.15, 0.2) is 11.5 Å². The van der Waals surface area contributed by atoms with Gasteiger partial charge in [-0.2, -0.15) is 0 Å². The van der Waals surface area contributed by atoms with Gasteiger partial charge in [0.15, 0.2) is 5.16 Å². The number of nitrogens with zero attached hydrogens (tertiary/aromatic N) is 6. The van der Waals surface area contributed by atoms with Gasteiger partial charge in [-0.05, 0) is 33.2 Å². The Balaban J connectivity index is 1.68. The summed E-state index contributed by atoms with van der Waals surface area (Å²) < 4.78 is 4.22. The predicted molar refractivity (Wildman–Crippen MR) is 85.8 cm³/mol. The average Bonchev–Trinajstić information content (AvgIpc) is 3.13. The van der Waals surface area contributed by atoms with Gasteiger partial charge in [0, 0.05) is 25.6 Å². The number of piperidine rings is 1. The first-order valence-corrected chi connectivity index (χ1v) is 8.76. The number of thioether (sulfide) groups is 1. The molecule has 0 amide bonds. The van der Waals surface area contributed by atoms with Crippen molar-refractivity contribution in [2.45, 2.75) is 49.6 Å². The molecule has 1 atom stereocenters. The third kappa shape index (κ3) is 3.17. The van der Waals surface area contributed by atoms with E-state index in [-0.39, 0.29) is 0 Å². The van der Waals surface area contributed by atoms with Crippen LogP contribution in [-0.2, 0) is 12.8 Å². The number of hydrogen-bond acceptors (Lipinski definition) is 6. The first-order valence-electron chi connectivity index (χ1n) is 7.78. The molecule has 3 heterocycles. The molecule has 7 nitrogen and oxygen atoms in total. The van der Waals surface area contributed by atoms with Crippen molar-refractivity contribution < 1.29 is 0 Å². The van der Waals surface area contributed by atoms with Gasteiger partial charge in [0.25, 0.3) is 0 Å². The third-order valence-electron chi connectivity index (χ3n) is 4.06. The molecule has 1 fully saturated rings. The number of nitrogens with one attached hydrogen (secondary N) is 1. The topological polar surface area (TPSA) is 73.4 Å². The summed E-state index contributed by atoms with van der Waals surface area (Å²) >= 11 is 1.67. The molecule has 0 radical (unpaired) electrons. The van der Waals surface area contributed by atoms with Gasteiger partial charge in [-0.3, -0.25) is 0 Å². The fourth-order valence-corrected chi connectivity index (χ4v) is 3.66. The van der Waals surface area contributed by atoms with Gasteiger partial charge in [0.1, 0.15) is 18.0 Å². The summed E-state index contributed by atoms with van der Waals surface area (Å²) in [6.45, 7) is 6.38. The first-order chi connectivity index (χ1) is 10.7. The highest BCUT2D eigenvalue weighted by Gasteiger charge is 2.22. The van der Waals surface area contributed by atoms with Crippen molar-refractivity contribution in [1.29, 1.82) is 0 Å². The van der Waals surface area contributed by atoms with Crippen molar-refractivity contribution in [2.75, 3.05) is 13.1 Å². The Labute approximate surface area is 134 Å². The minimum Gasteiger partial charge on any atom is -0.316 e. The van der Waals surface area contributed by atoms with Crippen LogP contribution in [0.2, 0.25) is 0 Å². The second kappa shape index (κ2) is 6.78. The van der Waals surface area contributed by atoms with Gasteiger partial charge in [-0.15, -0.1) is 20.4 Å². The molecule has 120 valence electrons. The molecule has 0 saturated carbocycles. The van der Waals surface area contributed by atoms with Crippen LogP contribution in [0.4, 0.5) is 0 Å². The van der Waals surface area contributed by atoms with Crippen LogP contribution in [0.3, 0.4) is 0 Å². The van der Waals surface area contributed by atoms with E-state index in [1.54, 1.807) is 18.1 Å². The molecule has 22 heavy (non-hydrogen) atoms. The van der Waals surface area contributed by atoms with E-state index < -0.39 is 0 Å². The maximum atomic E-state index is 4.41. The standard InChI is InChI=1S/C14H23N7S/c1-10(2)21-9-16-17-12(21)8-22-14-19-18-13(20(14)3)11-5-4-6-15-7-11/h9-11,15H,4-8H2,1-3H3/t11-/m1/s1.